The molecule has 1 aromatic heterocycles. The van der Waals surface area contributed by atoms with E-state index in [0.717, 1.165) is 5.56 Å². The highest BCUT2D eigenvalue weighted by Crippen LogP contribution is 2.06. The highest BCUT2D eigenvalue weighted by Gasteiger charge is 2.22. The van der Waals surface area contributed by atoms with Crippen LogP contribution in [-0.2, 0) is 11.3 Å². The van der Waals surface area contributed by atoms with E-state index >= 15 is 0 Å². The molecule has 0 aliphatic rings. The highest BCUT2D eigenvalue weighted by atomic mass is 16.4. The molecule has 2 rings (SSSR count). The van der Waals surface area contributed by atoms with Crippen LogP contribution in [0, 0.1) is 5.92 Å². The molecule has 25 heavy (non-hydrogen) atoms. The summed E-state index contributed by atoms with van der Waals surface area (Å²) in [5.41, 5.74) is 0.542. The average molecular weight is 343 g/mol. The molecule has 1 unspecified atom stereocenters. The molecule has 0 bridgehead atoms. The van der Waals surface area contributed by atoms with Crippen LogP contribution >= 0.6 is 0 Å². The van der Waals surface area contributed by atoms with Crippen LogP contribution in [0.5, 0.6) is 0 Å². The van der Waals surface area contributed by atoms with Crippen LogP contribution < -0.4 is 10.9 Å². The van der Waals surface area contributed by atoms with Gasteiger partial charge in [-0.15, -0.1) is 0 Å². The van der Waals surface area contributed by atoms with Crippen LogP contribution in [0.15, 0.2) is 47.3 Å². The Kier molecular flexibility index (Phi) is 6.05. The maximum Gasteiger partial charge on any atom is 0.326 e. The summed E-state index contributed by atoms with van der Waals surface area (Å²) in [6, 6.07) is 10.8. The van der Waals surface area contributed by atoms with Gasteiger partial charge in [0.1, 0.15) is 11.7 Å². The Labute approximate surface area is 145 Å². The highest BCUT2D eigenvalue weighted by molar-refractivity contribution is 5.94. The number of aliphatic carboxylic acids is 1. The number of aromatic nitrogens is 2. The number of hydrogen-bond acceptors (Lipinski definition) is 4. The number of hydrogen-bond donors (Lipinski definition) is 2. The lowest BCUT2D eigenvalue weighted by atomic mass is 10.0. The first kappa shape index (κ1) is 18.4. The number of carboxylic acids is 1. The Morgan fingerprint density at radius 3 is 2.44 bits per heavy atom. The second-order valence-electron chi connectivity index (χ2n) is 6.19. The number of carboxylic acid groups (broad SMARTS) is 1. The van der Waals surface area contributed by atoms with Crippen molar-refractivity contribution in [2.24, 2.45) is 5.92 Å². The molecule has 7 heteroatoms. The molecule has 0 saturated heterocycles. The Morgan fingerprint density at radius 1 is 1.16 bits per heavy atom. The molecule has 0 spiro atoms. The zero-order valence-corrected chi connectivity index (χ0v) is 14.2. The quantitative estimate of drug-likeness (QED) is 0.794. The van der Waals surface area contributed by atoms with E-state index in [1.54, 1.807) is 0 Å². The van der Waals surface area contributed by atoms with Crippen molar-refractivity contribution in [3.8, 4) is 0 Å². The Hall–Kier alpha value is -2.96. The smallest absolute Gasteiger partial charge is 0.326 e. The van der Waals surface area contributed by atoms with E-state index in [1.807, 2.05) is 44.2 Å². The van der Waals surface area contributed by atoms with Gasteiger partial charge >= 0.3 is 5.97 Å². The van der Waals surface area contributed by atoms with Crippen molar-refractivity contribution < 1.29 is 14.7 Å². The first-order valence-electron chi connectivity index (χ1n) is 8.02. The fourth-order valence-corrected chi connectivity index (χ4v) is 2.36. The summed E-state index contributed by atoms with van der Waals surface area (Å²) in [6.07, 6.45) is 0.310. The number of benzene rings is 1. The molecule has 7 nitrogen and oxygen atoms in total. The van der Waals surface area contributed by atoms with Gasteiger partial charge in [0.15, 0.2) is 0 Å². The number of amides is 1. The van der Waals surface area contributed by atoms with Gasteiger partial charge < -0.3 is 10.4 Å². The molecule has 1 aromatic carbocycles. The van der Waals surface area contributed by atoms with Crippen LogP contribution in [0.3, 0.4) is 0 Å². The van der Waals surface area contributed by atoms with Gasteiger partial charge in [-0.3, -0.25) is 9.59 Å². The molecule has 2 aromatic rings. The fraction of sp³-hybridized carbons (Fsp3) is 0.333. The lowest BCUT2D eigenvalue weighted by Gasteiger charge is -2.16. The van der Waals surface area contributed by atoms with E-state index in [2.05, 4.69) is 10.4 Å². The van der Waals surface area contributed by atoms with Gasteiger partial charge in [-0.05, 0) is 24.0 Å². The van der Waals surface area contributed by atoms with Crippen LogP contribution in [0.25, 0.3) is 0 Å². The monoisotopic (exact) mass is 343 g/mol. The minimum absolute atomic E-state index is 0.00513. The van der Waals surface area contributed by atoms with E-state index in [9.17, 15) is 19.5 Å². The van der Waals surface area contributed by atoms with Gasteiger partial charge in [0.25, 0.3) is 11.5 Å². The molecule has 0 aliphatic heterocycles. The van der Waals surface area contributed by atoms with E-state index in [1.165, 1.54) is 16.8 Å². The van der Waals surface area contributed by atoms with Crippen molar-refractivity contribution in [1.29, 1.82) is 0 Å². The summed E-state index contributed by atoms with van der Waals surface area (Å²) in [5, 5.41) is 15.7. The van der Waals surface area contributed by atoms with E-state index in [-0.39, 0.29) is 23.7 Å². The second-order valence-corrected chi connectivity index (χ2v) is 6.19. The molecule has 0 fully saturated rings. The van der Waals surface area contributed by atoms with Crippen molar-refractivity contribution in [2.45, 2.75) is 32.9 Å². The maximum atomic E-state index is 12.3. The molecule has 2 N–H and O–H groups in total. The zero-order valence-electron chi connectivity index (χ0n) is 14.2. The predicted octanol–water partition coefficient (Wildman–Crippen LogP) is 1.52. The molecular weight excluding hydrogens is 322 g/mol. The lowest BCUT2D eigenvalue weighted by Crippen LogP contribution is -2.42. The Morgan fingerprint density at radius 2 is 1.84 bits per heavy atom. The Bertz CT molecular complexity index is 799. The normalized spacial score (nSPS) is 12.0. The summed E-state index contributed by atoms with van der Waals surface area (Å²) in [7, 11) is 0. The topological polar surface area (TPSA) is 101 Å². The molecular formula is C18H21N3O4. The van der Waals surface area contributed by atoms with Crippen molar-refractivity contribution in [3.63, 3.8) is 0 Å². The van der Waals surface area contributed by atoms with E-state index in [4.69, 9.17) is 0 Å². The molecule has 0 saturated carbocycles. The van der Waals surface area contributed by atoms with Gasteiger partial charge in [-0.2, -0.15) is 5.10 Å². The second kappa shape index (κ2) is 8.23. The van der Waals surface area contributed by atoms with Crippen LogP contribution in [-0.4, -0.2) is 32.8 Å². The molecule has 0 radical (unpaired) electrons. The molecule has 132 valence electrons. The maximum absolute atomic E-state index is 12.3. The molecule has 0 aliphatic carbocycles. The number of nitrogens with one attached hydrogen (secondary N) is 1. The number of rotatable bonds is 7. The average Bonchev–Trinajstić information content (AvgIpc) is 2.56. The van der Waals surface area contributed by atoms with Crippen molar-refractivity contribution >= 4 is 11.9 Å². The third-order valence-corrected chi connectivity index (χ3v) is 3.58. The standard InChI is InChI=1S/C18H21N3O4/c1-12(2)10-15(18(24)25)19-17(23)14-8-9-16(22)21(20-14)11-13-6-4-3-5-7-13/h3-9,12,15H,10-11H2,1-2H3,(H,19,23)(H,24,25). The zero-order chi connectivity index (χ0) is 18.4. The third kappa shape index (κ3) is 5.27. The van der Waals surface area contributed by atoms with Gasteiger partial charge in [0.2, 0.25) is 0 Å². The van der Waals surface area contributed by atoms with Crippen LogP contribution in [0.1, 0.15) is 36.3 Å². The molecule has 1 amide bonds. The SMILES string of the molecule is CC(C)CC(NC(=O)c1ccc(=O)n(Cc2ccccc2)n1)C(=O)O. The van der Waals surface area contributed by atoms with Crippen molar-refractivity contribution in [3.05, 3.63) is 64.1 Å². The van der Waals surface area contributed by atoms with E-state index in [0.29, 0.717) is 6.42 Å². The third-order valence-electron chi connectivity index (χ3n) is 3.58. The first-order chi connectivity index (χ1) is 11.9. The number of carbonyl (C=O) groups is 2. The van der Waals surface area contributed by atoms with Crippen LogP contribution in [0.2, 0.25) is 0 Å². The first-order valence-corrected chi connectivity index (χ1v) is 8.02. The summed E-state index contributed by atoms with van der Waals surface area (Å²) in [5.74, 6) is -1.60. The van der Waals surface area contributed by atoms with Gasteiger partial charge in [0.05, 0.1) is 6.54 Å². The summed E-state index contributed by atoms with van der Waals surface area (Å²) < 4.78 is 1.18. The van der Waals surface area contributed by atoms with Crippen LogP contribution in [0.4, 0.5) is 0 Å². The minimum Gasteiger partial charge on any atom is -0.480 e. The summed E-state index contributed by atoms with van der Waals surface area (Å²) in [6.45, 7) is 3.98. The minimum atomic E-state index is -1.10. The van der Waals surface area contributed by atoms with Gasteiger partial charge in [-0.1, -0.05) is 44.2 Å². The summed E-state index contributed by atoms with van der Waals surface area (Å²) >= 11 is 0. The van der Waals surface area contributed by atoms with Crippen molar-refractivity contribution in [2.75, 3.05) is 0 Å². The fourth-order valence-electron chi connectivity index (χ4n) is 2.36. The lowest BCUT2D eigenvalue weighted by molar-refractivity contribution is -0.139. The van der Waals surface area contributed by atoms with Gasteiger partial charge in [-0.25, -0.2) is 9.48 Å². The largest absolute Gasteiger partial charge is 0.480 e. The predicted molar refractivity (Wildman–Crippen MR) is 92.4 cm³/mol. The molecule has 1 heterocycles. The number of carbonyl (C=O) groups excluding carboxylic acids is 1. The number of nitrogens with zero attached hydrogens (tertiary/aromatic N) is 2. The Balaban J connectivity index is 2.18. The van der Waals surface area contributed by atoms with E-state index < -0.39 is 17.9 Å². The van der Waals surface area contributed by atoms with Crippen molar-refractivity contribution in [1.82, 2.24) is 15.1 Å². The molecule has 1 atom stereocenters. The van der Waals surface area contributed by atoms with Gasteiger partial charge in [0, 0.05) is 6.07 Å². The summed E-state index contributed by atoms with van der Waals surface area (Å²) in [4.78, 5) is 35.5.